The maximum atomic E-state index is 10.2. The monoisotopic (exact) mass is 170 g/mol. The number of hydrogen-bond donors (Lipinski definition) is 1. The Kier molecular flexibility index (Phi) is 3.98. The van der Waals surface area contributed by atoms with Crippen molar-refractivity contribution in [2.24, 2.45) is 5.92 Å². The number of alkyl halides is 2. The molecule has 0 radical (unpaired) electrons. The summed E-state index contributed by atoms with van der Waals surface area (Å²) in [7, 11) is 0. The van der Waals surface area contributed by atoms with E-state index in [1.807, 2.05) is 0 Å². The third-order valence-electron chi connectivity index (χ3n) is 1.06. The Hall–Kier alpha value is 0.0500. The molecule has 0 spiro atoms. The van der Waals surface area contributed by atoms with E-state index in [0.29, 0.717) is 6.42 Å². The van der Waals surface area contributed by atoms with E-state index >= 15 is 0 Å². The van der Waals surface area contributed by atoms with Gasteiger partial charge in [-0.15, -0.1) is 23.2 Å². The Labute approximate surface area is 63.8 Å². The van der Waals surface area contributed by atoms with Crippen LogP contribution in [0.15, 0.2) is 0 Å². The van der Waals surface area contributed by atoms with Crippen molar-refractivity contribution in [1.29, 1.82) is 0 Å². The molecular weight excluding hydrogens is 163 g/mol. The van der Waals surface area contributed by atoms with Crippen LogP contribution in [0.2, 0.25) is 0 Å². The molecule has 0 fully saturated rings. The molecule has 4 heteroatoms. The van der Waals surface area contributed by atoms with Gasteiger partial charge in [-0.25, -0.2) is 0 Å². The smallest absolute Gasteiger partial charge is 0.309 e. The number of rotatable bonds is 3. The van der Waals surface area contributed by atoms with Crippen LogP contribution in [-0.4, -0.2) is 15.9 Å². The minimum atomic E-state index is -0.937. The molecule has 0 aliphatic rings. The van der Waals surface area contributed by atoms with Crippen LogP contribution in [0.4, 0.5) is 0 Å². The van der Waals surface area contributed by atoms with Crippen LogP contribution in [-0.2, 0) is 4.79 Å². The molecule has 0 saturated carbocycles. The first-order valence-corrected chi connectivity index (χ1v) is 3.47. The molecule has 0 amide bonds. The molecule has 54 valence electrons. The van der Waals surface area contributed by atoms with Gasteiger partial charge in [-0.1, -0.05) is 6.92 Å². The molecule has 0 aliphatic carbocycles. The molecule has 1 atom stereocenters. The van der Waals surface area contributed by atoms with Crippen molar-refractivity contribution >= 4 is 29.2 Å². The fraction of sp³-hybridized carbons (Fsp3) is 0.800. The summed E-state index contributed by atoms with van der Waals surface area (Å²) in [5.41, 5.74) is 0. The lowest BCUT2D eigenvalue weighted by molar-refractivity contribution is -0.141. The Morgan fingerprint density at radius 3 is 2.11 bits per heavy atom. The topological polar surface area (TPSA) is 37.3 Å². The summed E-state index contributed by atoms with van der Waals surface area (Å²) in [6.45, 7) is 1.73. The molecule has 0 saturated heterocycles. The first kappa shape index (κ1) is 9.05. The van der Waals surface area contributed by atoms with Gasteiger partial charge in [-0.3, -0.25) is 4.79 Å². The molecule has 9 heavy (non-hydrogen) atoms. The Bertz CT molecular complexity index is 103. The predicted octanol–water partition coefficient (Wildman–Crippen LogP) is 1.90. The normalized spacial score (nSPS) is 13.8. The highest BCUT2D eigenvalue weighted by Gasteiger charge is 2.21. The molecule has 1 unspecified atom stereocenters. The second kappa shape index (κ2) is 3.96. The van der Waals surface area contributed by atoms with Gasteiger partial charge in [0.2, 0.25) is 0 Å². The summed E-state index contributed by atoms with van der Waals surface area (Å²) in [4.78, 5) is 9.40. The summed E-state index contributed by atoms with van der Waals surface area (Å²) in [6, 6.07) is 0. The minimum Gasteiger partial charge on any atom is -0.481 e. The zero-order valence-corrected chi connectivity index (χ0v) is 6.49. The second-order valence-electron chi connectivity index (χ2n) is 1.69. The van der Waals surface area contributed by atoms with Crippen LogP contribution < -0.4 is 0 Å². The number of halogens is 2. The molecule has 0 aliphatic heterocycles. The van der Waals surface area contributed by atoms with Gasteiger partial charge < -0.3 is 5.11 Å². The van der Waals surface area contributed by atoms with E-state index in [9.17, 15) is 4.79 Å². The average molecular weight is 171 g/mol. The van der Waals surface area contributed by atoms with Crippen molar-refractivity contribution in [2.75, 3.05) is 0 Å². The van der Waals surface area contributed by atoms with Gasteiger partial charge in [0, 0.05) is 0 Å². The lowest BCUT2D eigenvalue weighted by atomic mass is 10.1. The molecule has 2 nitrogen and oxygen atoms in total. The Morgan fingerprint density at radius 1 is 1.67 bits per heavy atom. The number of carboxylic acids is 1. The van der Waals surface area contributed by atoms with E-state index in [1.54, 1.807) is 6.92 Å². The number of carboxylic acid groups (broad SMARTS) is 1. The van der Waals surface area contributed by atoms with Crippen molar-refractivity contribution in [1.82, 2.24) is 0 Å². The Morgan fingerprint density at radius 2 is 2.11 bits per heavy atom. The van der Waals surface area contributed by atoms with Gasteiger partial charge in [-0.05, 0) is 6.42 Å². The summed E-state index contributed by atoms with van der Waals surface area (Å²) in [5.74, 6) is -1.57. The maximum absolute atomic E-state index is 10.2. The lowest BCUT2D eigenvalue weighted by Gasteiger charge is -2.08. The van der Waals surface area contributed by atoms with E-state index in [-0.39, 0.29) is 0 Å². The lowest BCUT2D eigenvalue weighted by Crippen LogP contribution is -2.18. The third-order valence-corrected chi connectivity index (χ3v) is 1.67. The molecule has 0 aromatic rings. The van der Waals surface area contributed by atoms with Crippen LogP contribution in [0.5, 0.6) is 0 Å². The number of aliphatic carboxylic acids is 1. The van der Waals surface area contributed by atoms with E-state index in [1.165, 1.54) is 0 Å². The molecule has 1 N–H and O–H groups in total. The zero-order valence-electron chi connectivity index (χ0n) is 4.97. The van der Waals surface area contributed by atoms with Crippen LogP contribution in [0.25, 0.3) is 0 Å². The first-order chi connectivity index (χ1) is 4.09. The van der Waals surface area contributed by atoms with Crippen LogP contribution in [0.1, 0.15) is 13.3 Å². The Balaban J connectivity index is 3.83. The van der Waals surface area contributed by atoms with Crippen molar-refractivity contribution < 1.29 is 9.90 Å². The van der Waals surface area contributed by atoms with Gasteiger partial charge in [0.1, 0.15) is 4.84 Å². The second-order valence-corrected chi connectivity index (χ2v) is 2.85. The predicted molar refractivity (Wildman–Crippen MR) is 36.9 cm³/mol. The van der Waals surface area contributed by atoms with Gasteiger partial charge in [-0.2, -0.15) is 0 Å². The van der Waals surface area contributed by atoms with Crippen LogP contribution in [0.3, 0.4) is 0 Å². The third kappa shape index (κ3) is 2.92. The van der Waals surface area contributed by atoms with E-state index in [2.05, 4.69) is 0 Å². The van der Waals surface area contributed by atoms with Crippen LogP contribution >= 0.6 is 23.2 Å². The summed E-state index contributed by atoms with van der Waals surface area (Å²) >= 11 is 10.6. The molecular formula is C5H8Cl2O2. The molecule has 0 aromatic heterocycles. The van der Waals surface area contributed by atoms with Crippen molar-refractivity contribution in [2.45, 2.75) is 18.2 Å². The van der Waals surface area contributed by atoms with Gasteiger partial charge in [0.15, 0.2) is 0 Å². The van der Waals surface area contributed by atoms with Gasteiger partial charge in [0.05, 0.1) is 5.92 Å². The summed E-state index contributed by atoms with van der Waals surface area (Å²) < 4.78 is 0. The number of carbonyl (C=O) groups is 1. The quantitative estimate of drug-likeness (QED) is 0.658. The largest absolute Gasteiger partial charge is 0.481 e. The van der Waals surface area contributed by atoms with Crippen LogP contribution in [0, 0.1) is 5.92 Å². The fourth-order valence-electron chi connectivity index (χ4n) is 0.461. The van der Waals surface area contributed by atoms with E-state index in [0.717, 1.165) is 0 Å². The molecule has 0 rings (SSSR count). The SMILES string of the molecule is CCC(C(=O)O)C(Cl)Cl. The molecule has 0 heterocycles. The fourth-order valence-corrected chi connectivity index (χ4v) is 1.03. The van der Waals surface area contributed by atoms with Gasteiger partial charge in [0.25, 0.3) is 0 Å². The standard InChI is InChI=1S/C5H8Cl2O2/c1-2-3(4(6)7)5(8)9/h3-4H,2H2,1H3,(H,8,9). The average Bonchev–Trinajstić information content (AvgIpc) is 1.64. The highest BCUT2D eigenvalue weighted by molar-refractivity contribution is 6.45. The first-order valence-electron chi connectivity index (χ1n) is 2.60. The van der Waals surface area contributed by atoms with E-state index in [4.69, 9.17) is 28.3 Å². The highest BCUT2D eigenvalue weighted by Crippen LogP contribution is 2.18. The molecule has 0 aromatic carbocycles. The minimum absolute atomic E-state index is 0.465. The highest BCUT2D eigenvalue weighted by atomic mass is 35.5. The number of hydrogen-bond acceptors (Lipinski definition) is 1. The van der Waals surface area contributed by atoms with Crippen molar-refractivity contribution in [3.8, 4) is 0 Å². The molecule has 0 bridgehead atoms. The van der Waals surface area contributed by atoms with Crippen molar-refractivity contribution in [3.63, 3.8) is 0 Å². The summed E-state index contributed by atoms with van der Waals surface area (Å²) in [5, 5.41) is 8.37. The zero-order chi connectivity index (χ0) is 7.44. The van der Waals surface area contributed by atoms with E-state index < -0.39 is 16.7 Å². The van der Waals surface area contributed by atoms with Gasteiger partial charge >= 0.3 is 5.97 Å². The van der Waals surface area contributed by atoms with Crippen molar-refractivity contribution in [3.05, 3.63) is 0 Å². The summed E-state index contributed by atoms with van der Waals surface area (Å²) in [6.07, 6.45) is 0.465. The maximum Gasteiger partial charge on any atom is 0.309 e.